The fraction of sp³-hybridized carbons (Fsp3) is 0.125. The van der Waals surface area contributed by atoms with Crippen molar-refractivity contribution in [1.29, 1.82) is 0 Å². The van der Waals surface area contributed by atoms with Gasteiger partial charge in [0.25, 0.3) is 17.5 Å². The topological polar surface area (TPSA) is 89.8 Å². The van der Waals surface area contributed by atoms with E-state index in [2.05, 4.69) is 0 Å². The van der Waals surface area contributed by atoms with Crippen LogP contribution in [0.3, 0.4) is 0 Å². The standard InChI is InChI=1S/C16H11ClN2O5/c1-24-8-9-6-11(19(22)23)3-5-14(9)18-15(20)12-4-2-10(17)7-13(12)16(18)21/h2-7H,8H2,1H3. The first-order valence-corrected chi connectivity index (χ1v) is 7.26. The Hall–Kier alpha value is -2.77. The zero-order valence-corrected chi connectivity index (χ0v) is 13.2. The molecular weight excluding hydrogens is 336 g/mol. The lowest BCUT2D eigenvalue weighted by Crippen LogP contribution is -2.30. The Labute approximate surface area is 141 Å². The number of carbonyl (C=O) groups is 2. The lowest BCUT2D eigenvalue weighted by atomic mass is 10.1. The van der Waals surface area contributed by atoms with Gasteiger partial charge in [-0.2, -0.15) is 0 Å². The summed E-state index contributed by atoms with van der Waals surface area (Å²) in [6.07, 6.45) is 0. The zero-order chi connectivity index (χ0) is 17.4. The van der Waals surface area contributed by atoms with E-state index in [1.54, 1.807) is 0 Å². The third kappa shape index (κ3) is 2.53. The summed E-state index contributed by atoms with van der Waals surface area (Å²) >= 11 is 5.89. The molecule has 0 radical (unpaired) electrons. The van der Waals surface area contributed by atoms with Crippen LogP contribution in [0, 0.1) is 10.1 Å². The molecule has 0 aromatic heterocycles. The molecule has 122 valence electrons. The lowest BCUT2D eigenvalue weighted by Gasteiger charge is -2.17. The number of anilines is 1. The fourth-order valence-electron chi connectivity index (χ4n) is 2.61. The fourth-order valence-corrected chi connectivity index (χ4v) is 2.78. The van der Waals surface area contributed by atoms with Gasteiger partial charge >= 0.3 is 0 Å². The maximum atomic E-state index is 12.6. The van der Waals surface area contributed by atoms with E-state index in [0.29, 0.717) is 10.6 Å². The van der Waals surface area contributed by atoms with Crippen LogP contribution in [0.1, 0.15) is 26.3 Å². The van der Waals surface area contributed by atoms with E-state index in [0.717, 1.165) is 4.90 Å². The van der Waals surface area contributed by atoms with E-state index in [1.165, 1.54) is 43.5 Å². The highest BCUT2D eigenvalue weighted by molar-refractivity contribution is 6.36. The average molecular weight is 347 g/mol. The van der Waals surface area contributed by atoms with Crippen molar-refractivity contribution in [2.45, 2.75) is 6.61 Å². The molecule has 0 fully saturated rings. The summed E-state index contributed by atoms with van der Waals surface area (Å²) in [7, 11) is 1.42. The van der Waals surface area contributed by atoms with Crippen LogP contribution in [0.5, 0.6) is 0 Å². The molecule has 0 atom stereocenters. The van der Waals surface area contributed by atoms with Gasteiger partial charge in [0, 0.05) is 29.8 Å². The van der Waals surface area contributed by atoms with Gasteiger partial charge in [-0.1, -0.05) is 11.6 Å². The van der Waals surface area contributed by atoms with Crippen LogP contribution < -0.4 is 4.90 Å². The highest BCUT2D eigenvalue weighted by Crippen LogP contribution is 2.34. The van der Waals surface area contributed by atoms with Crippen molar-refractivity contribution in [1.82, 2.24) is 0 Å². The molecule has 0 N–H and O–H groups in total. The van der Waals surface area contributed by atoms with Gasteiger partial charge in [-0.25, -0.2) is 4.90 Å². The van der Waals surface area contributed by atoms with Crippen molar-refractivity contribution >= 4 is 34.8 Å². The predicted octanol–water partition coefficient (Wildman–Crippen LogP) is 3.20. The second kappa shape index (κ2) is 6.03. The van der Waals surface area contributed by atoms with Crippen molar-refractivity contribution < 1.29 is 19.2 Å². The average Bonchev–Trinajstić information content (AvgIpc) is 2.79. The van der Waals surface area contributed by atoms with E-state index < -0.39 is 16.7 Å². The highest BCUT2D eigenvalue weighted by atomic mass is 35.5. The zero-order valence-electron chi connectivity index (χ0n) is 12.5. The first-order chi connectivity index (χ1) is 11.4. The number of rotatable bonds is 4. The normalized spacial score (nSPS) is 13.3. The number of nitrogens with zero attached hydrogens (tertiary/aromatic N) is 2. The van der Waals surface area contributed by atoms with Crippen LogP contribution in [-0.4, -0.2) is 23.8 Å². The first-order valence-electron chi connectivity index (χ1n) is 6.88. The minimum Gasteiger partial charge on any atom is -0.380 e. The summed E-state index contributed by atoms with van der Waals surface area (Å²) in [6, 6.07) is 8.34. The van der Waals surface area contributed by atoms with Gasteiger partial charge in [0.15, 0.2) is 0 Å². The molecule has 7 nitrogen and oxygen atoms in total. The largest absolute Gasteiger partial charge is 0.380 e. The Balaban J connectivity index is 2.11. The molecule has 8 heteroatoms. The summed E-state index contributed by atoms with van der Waals surface area (Å²) in [4.78, 5) is 36.6. The Morgan fingerprint density at radius 2 is 1.83 bits per heavy atom. The van der Waals surface area contributed by atoms with Gasteiger partial charge < -0.3 is 4.74 Å². The summed E-state index contributed by atoms with van der Waals surface area (Å²) in [5.74, 6) is -1.03. The molecule has 0 bridgehead atoms. The van der Waals surface area contributed by atoms with E-state index >= 15 is 0 Å². The number of benzene rings is 2. The molecule has 3 rings (SSSR count). The molecule has 0 aliphatic carbocycles. The van der Waals surface area contributed by atoms with Crippen LogP contribution in [-0.2, 0) is 11.3 Å². The quantitative estimate of drug-likeness (QED) is 0.481. The molecule has 0 spiro atoms. The van der Waals surface area contributed by atoms with E-state index in [4.69, 9.17) is 16.3 Å². The van der Waals surface area contributed by atoms with Crippen molar-refractivity contribution in [3.8, 4) is 0 Å². The van der Waals surface area contributed by atoms with Crippen molar-refractivity contribution in [3.05, 3.63) is 68.2 Å². The SMILES string of the molecule is COCc1cc([N+](=O)[O-])ccc1N1C(=O)c2ccc(Cl)cc2C1=O. The summed E-state index contributed by atoms with van der Waals surface area (Å²) in [6.45, 7) is 0.0190. The number of methoxy groups -OCH3 is 1. The first kappa shape index (κ1) is 16.1. The summed E-state index contributed by atoms with van der Waals surface area (Å²) < 4.78 is 5.04. The number of carbonyl (C=O) groups excluding carboxylic acids is 2. The number of nitro benzene ring substituents is 1. The molecule has 1 heterocycles. The van der Waals surface area contributed by atoms with Gasteiger partial charge in [0.05, 0.1) is 28.3 Å². The minimum absolute atomic E-state index is 0.0190. The molecule has 2 aromatic rings. The molecule has 0 saturated heterocycles. The van der Waals surface area contributed by atoms with Crippen LogP contribution in [0.2, 0.25) is 5.02 Å². The molecule has 24 heavy (non-hydrogen) atoms. The number of fused-ring (bicyclic) bond motifs is 1. The monoisotopic (exact) mass is 346 g/mol. The van der Waals surface area contributed by atoms with Crippen molar-refractivity contribution in [3.63, 3.8) is 0 Å². The number of amides is 2. The summed E-state index contributed by atoms with van der Waals surface area (Å²) in [5.41, 5.74) is 0.919. The van der Waals surface area contributed by atoms with Crippen LogP contribution in [0.25, 0.3) is 0 Å². The van der Waals surface area contributed by atoms with Crippen LogP contribution >= 0.6 is 11.6 Å². The summed E-state index contributed by atoms with van der Waals surface area (Å²) in [5, 5.41) is 11.3. The lowest BCUT2D eigenvalue weighted by molar-refractivity contribution is -0.384. The number of ether oxygens (including phenoxy) is 1. The second-order valence-corrected chi connectivity index (χ2v) is 5.58. The Bertz CT molecular complexity index is 881. The Kier molecular flexibility index (Phi) is 4.04. The molecule has 1 aliphatic rings. The molecule has 0 unspecified atom stereocenters. The van der Waals surface area contributed by atoms with Crippen molar-refractivity contribution in [2.24, 2.45) is 0 Å². The Morgan fingerprint density at radius 1 is 1.12 bits per heavy atom. The van der Waals surface area contributed by atoms with Gasteiger partial charge in [-0.05, 0) is 24.3 Å². The third-order valence-electron chi connectivity index (χ3n) is 3.66. The maximum absolute atomic E-state index is 12.6. The van der Waals surface area contributed by atoms with Gasteiger partial charge in [0.1, 0.15) is 0 Å². The number of imide groups is 1. The van der Waals surface area contributed by atoms with Gasteiger partial charge in [-0.3, -0.25) is 19.7 Å². The number of nitro groups is 1. The van der Waals surface area contributed by atoms with E-state index in [1.807, 2.05) is 0 Å². The molecule has 1 aliphatic heterocycles. The van der Waals surface area contributed by atoms with Crippen LogP contribution in [0.4, 0.5) is 11.4 Å². The van der Waals surface area contributed by atoms with E-state index in [9.17, 15) is 19.7 Å². The highest BCUT2D eigenvalue weighted by Gasteiger charge is 2.38. The molecular formula is C16H11ClN2O5. The third-order valence-corrected chi connectivity index (χ3v) is 3.90. The maximum Gasteiger partial charge on any atom is 0.269 e. The number of hydrogen-bond donors (Lipinski definition) is 0. The minimum atomic E-state index is -0.551. The van der Waals surface area contributed by atoms with Gasteiger partial charge in [0.2, 0.25) is 0 Å². The van der Waals surface area contributed by atoms with E-state index in [-0.39, 0.29) is 29.1 Å². The number of non-ortho nitro benzene ring substituents is 1. The molecule has 2 aromatic carbocycles. The molecule has 0 saturated carbocycles. The Morgan fingerprint density at radius 3 is 2.50 bits per heavy atom. The van der Waals surface area contributed by atoms with Crippen molar-refractivity contribution in [2.75, 3.05) is 12.0 Å². The number of halogens is 1. The smallest absolute Gasteiger partial charge is 0.269 e. The van der Waals surface area contributed by atoms with Crippen LogP contribution in [0.15, 0.2) is 36.4 Å². The number of hydrogen-bond acceptors (Lipinski definition) is 5. The molecule has 2 amide bonds. The predicted molar refractivity (Wildman–Crippen MR) is 86.4 cm³/mol. The second-order valence-electron chi connectivity index (χ2n) is 5.14. The van der Waals surface area contributed by atoms with Gasteiger partial charge in [-0.15, -0.1) is 0 Å².